The number of nitrogens with zero attached hydrogens (tertiary/aromatic N) is 1. The Morgan fingerprint density at radius 1 is 0.446 bits per heavy atom. The minimum absolute atomic E-state index is 0.0778. The molecule has 74 heavy (non-hydrogen) atoms. The molecule has 0 fully saturated rings. The van der Waals surface area contributed by atoms with Crippen LogP contribution in [0, 0.1) is 0 Å². The molecule has 0 aliphatic rings. The van der Waals surface area contributed by atoms with E-state index in [1.54, 1.807) is 0 Å². The van der Waals surface area contributed by atoms with E-state index in [1.807, 2.05) is 21.1 Å². The highest BCUT2D eigenvalue weighted by atomic mass is 31.2. The second-order valence-corrected chi connectivity index (χ2v) is 25.7. The van der Waals surface area contributed by atoms with Gasteiger partial charge in [-0.15, -0.1) is 0 Å². The monoisotopic (exact) mass is 1070 g/mol. The molecule has 8 nitrogen and oxygen atoms in total. The Kier molecular flexibility index (Phi) is 56.4. The second-order valence-electron chi connectivity index (χ2n) is 24.2. The first-order chi connectivity index (χ1) is 36.0. The van der Waals surface area contributed by atoms with E-state index >= 15 is 0 Å². The number of phosphoric ester groups is 1. The summed E-state index contributed by atoms with van der Waals surface area (Å²) in [5.74, 6) is -0.137. The van der Waals surface area contributed by atoms with Crippen LogP contribution >= 0.6 is 7.82 Å². The molecule has 0 aliphatic heterocycles. The van der Waals surface area contributed by atoms with Crippen molar-refractivity contribution in [3.63, 3.8) is 0 Å². The van der Waals surface area contributed by atoms with Gasteiger partial charge in [-0.2, -0.15) is 0 Å². The minimum atomic E-state index is -4.32. The summed E-state index contributed by atoms with van der Waals surface area (Å²) in [6.07, 6.45) is 71.5. The maximum atomic E-state index is 13.0. The molecule has 3 atom stereocenters. The highest BCUT2D eigenvalue weighted by molar-refractivity contribution is 7.47. The average molecular weight is 1070 g/mol. The lowest BCUT2D eigenvalue weighted by Gasteiger charge is -2.26. The molecule has 1 amide bonds. The van der Waals surface area contributed by atoms with E-state index in [-0.39, 0.29) is 19.1 Å². The molecular formula is C65H132N2O6P+. The van der Waals surface area contributed by atoms with Gasteiger partial charge in [-0.25, -0.2) is 4.57 Å². The number of quaternary nitrogens is 1. The summed E-state index contributed by atoms with van der Waals surface area (Å²) in [5.41, 5.74) is 0. The van der Waals surface area contributed by atoms with Gasteiger partial charge in [-0.1, -0.05) is 315 Å². The van der Waals surface area contributed by atoms with Crippen LogP contribution in [-0.4, -0.2) is 73.4 Å². The third kappa shape index (κ3) is 58.9. The molecule has 0 heterocycles. The number of aliphatic hydroxyl groups excluding tert-OH is 1. The topological polar surface area (TPSA) is 105 Å². The maximum absolute atomic E-state index is 13.0. The number of amides is 1. The average Bonchev–Trinajstić information content (AvgIpc) is 3.36. The van der Waals surface area contributed by atoms with Crippen molar-refractivity contribution in [3.8, 4) is 0 Å². The molecule has 0 saturated heterocycles. The number of allylic oxidation sites excluding steroid dienone is 2. The van der Waals surface area contributed by atoms with E-state index in [1.165, 1.54) is 283 Å². The van der Waals surface area contributed by atoms with Crippen LogP contribution in [-0.2, 0) is 18.4 Å². The van der Waals surface area contributed by atoms with Gasteiger partial charge in [0.15, 0.2) is 0 Å². The molecule has 0 radical (unpaired) electrons. The molecule has 3 N–H and O–H groups in total. The van der Waals surface area contributed by atoms with Crippen molar-refractivity contribution in [1.82, 2.24) is 5.32 Å². The van der Waals surface area contributed by atoms with Gasteiger partial charge >= 0.3 is 7.82 Å². The Hall–Kier alpha value is -0.760. The van der Waals surface area contributed by atoms with Crippen LogP contribution in [0.4, 0.5) is 0 Å². The van der Waals surface area contributed by atoms with Gasteiger partial charge in [0.05, 0.1) is 39.9 Å². The molecule has 0 bridgehead atoms. The van der Waals surface area contributed by atoms with Crippen LogP contribution < -0.4 is 5.32 Å². The first-order valence-electron chi connectivity index (χ1n) is 33.1. The lowest BCUT2D eigenvalue weighted by atomic mass is 10.0. The van der Waals surface area contributed by atoms with Crippen LogP contribution in [0.25, 0.3) is 0 Å². The highest BCUT2D eigenvalue weighted by Crippen LogP contribution is 2.43. The fourth-order valence-electron chi connectivity index (χ4n) is 10.3. The maximum Gasteiger partial charge on any atom is 0.472 e. The van der Waals surface area contributed by atoms with Gasteiger partial charge in [-0.3, -0.25) is 13.8 Å². The molecule has 0 aromatic heterocycles. The van der Waals surface area contributed by atoms with E-state index in [4.69, 9.17) is 9.05 Å². The number of phosphoric acid groups is 1. The molecule has 9 heteroatoms. The zero-order valence-electron chi connectivity index (χ0n) is 50.6. The fraction of sp³-hybridized carbons (Fsp3) is 0.954. The van der Waals surface area contributed by atoms with Gasteiger partial charge < -0.3 is 19.8 Å². The van der Waals surface area contributed by atoms with Gasteiger partial charge in [-0.05, 0) is 38.5 Å². The van der Waals surface area contributed by atoms with Crippen molar-refractivity contribution in [2.75, 3.05) is 40.9 Å². The number of aliphatic hydroxyl groups is 1. The van der Waals surface area contributed by atoms with Gasteiger partial charge in [0.25, 0.3) is 0 Å². The van der Waals surface area contributed by atoms with Crippen molar-refractivity contribution < 1.29 is 32.9 Å². The van der Waals surface area contributed by atoms with E-state index in [0.29, 0.717) is 23.9 Å². The van der Waals surface area contributed by atoms with E-state index in [9.17, 15) is 19.4 Å². The normalized spacial score (nSPS) is 13.8. The Labute approximate surface area is 462 Å². The number of carbonyl (C=O) groups excluding carboxylic acids is 1. The molecule has 0 aromatic carbocycles. The lowest BCUT2D eigenvalue weighted by molar-refractivity contribution is -0.870. The summed E-state index contributed by atoms with van der Waals surface area (Å²) in [4.78, 5) is 23.4. The first kappa shape index (κ1) is 73.2. The largest absolute Gasteiger partial charge is 0.472 e. The number of unbranched alkanes of at least 4 members (excludes halogenated alkanes) is 47. The molecule has 3 unspecified atom stereocenters. The van der Waals surface area contributed by atoms with Crippen molar-refractivity contribution >= 4 is 13.7 Å². The Balaban J connectivity index is 4.05. The number of hydrogen-bond donors (Lipinski definition) is 3. The van der Waals surface area contributed by atoms with Crippen molar-refractivity contribution in [2.45, 2.75) is 360 Å². The Morgan fingerprint density at radius 2 is 0.730 bits per heavy atom. The molecular weight excluding hydrogens is 936 g/mol. The van der Waals surface area contributed by atoms with Crippen LogP contribution in [0.5, 0.6) is 0 Å². The zero-order valence-corrected chi connectivity index (χ0v) is 51.5. The van der Waals surface area contributed by atoms with Gasteiger partial charge in [0, 0.05) is 6.42 Å². The SMILES string of the molecule is CCCCCCCCCC/C=C\CCCCCCCCCCCCCCCC(=O)NC(COP(=O)(O)OCC[N+](C)(C)C)C(O)CCCCCCCCCCCCCCCCCCCCCCCCCCCCC. The van der Waals surface area contributed by atoms with Crippen LogP contribution in [0.1, 0.15) is 348 Å². The fourth-order valence-corrected chi connectivity index (χ4v) is 11.1. The number of likely N-dealkylation sites (N-methyl/N-ethyl adjacent to an activating group) is 1. The van der Waals surface area contributed by atoms with E-state index in [2.05, 4.69) is 31.3 Å². The summed E-state index contributed by atoms with van der Waals surface area (Å²) in [6.45, 7) is 4.95. The third-order valence-electron chi connectivity index (χ3n) is 15.5. The third-order valence-corrected chi connectivity index (χ3v) is 16.5. The standard InChI is InChI=1S/C65H131N2O6P/c1-6-8-10-12-14-16-18-20-22-24-26-28-30-32-33-35-36-38-40-42-44-46-48-50-52-54-56-58-64(68)63(62-73-74(70,71)72-61-60-67(3,4)5)66-65(69)59-57-55-53-51-49-47-45-43-41-39-37-34-31-29-27-25-23-21-19-17-15-13-11-9-7-2/h25,27,63-64,68H,6-24,26,28-62H2,1-5H3,(H-,66,69,70,71)/p+1/b27-25-. The molecule has 442 valence electrons. The van der Waals surface area contributed by atoms with Crippen molar-refractivity contribution in [1.29, 1.82) is 0 Å². The number of nitrogens with one attached hydrogen (secondary N) is 1. The number of carbonyl (C=O) groups is 1. The molecule has 0 rings (SSSR count). The Bertz CT molecular complexity index is 1210. The van der Waals surface area contributed by atoms with Crippen LogP contribution in [0.2, 0.25) is 0 Å². The van der Waals surface area contributed by atoms with E-state index in [0.717, 1.165) is 38.5 Å². The summed E-state index contributed by atoms with van der Waals surface area (Å²) >= 11 is 0. The van der Waals surface area contributed by atoms with Gasteiger partial charge in [0.1, 0.15) is 13.2 Å². The minimum Gasteiger partial charge on any atom is -0.391 e. The summed E-state index contributed by atoms with van der Waals surface area (Å²) in [5, 5.41) is 14.1. The summed E-state index contributed by atoms with van der Waals surface area (Å²) in [7, 11) is 1.64. The first-order valence-corrected chi connectivity index (χ1v) is 34.5. The van der Waals surface area contributed by atoms with Crippen LogP contribution in [0.3, 0.4) is 0 Å². The van der Waals surface area contributed by atoms with Gasteiger partial charge in [0.2, 0.25) is 5.91 Å². The predicted molar refractivity (Wildman–Crippen MR) is 323 cm³/mol. The molecule has 0 spiro atoms. The predicted octanol–water partition coefficient (Wildman–Crippen LogP) is 20.6. The highest BCUT2D eigenvalue weighted by Gasteiger charge is 2.28. The molecule has 0 aliphatic carbocycles. The Morgan fingerprint density at radius 3 is 1.04 bits per heavy atom. The molecule has 0 saturated carbocycles. The number of hydrogen-bond acceptors (Lipinski definition) is 5. The summed E-state index contributed by atoms with van der Waals surface area (Å²) < 4.78 is 23.9. The van der Waals surface area contributed by atoms with Crippen molar-refractivity contribution in [2.24, 2.45) is 0 Å². The summed E-state index contributed by atoms with van der Waals surface area (Å²) in [6, 6.07) is -0.759. The van der Waals surface area contributed by atoms with E-state index < -0.39 is 20.0 Å². The lowest BCUT2D eigenvalue weighted by Crippen LogP contribution is -2.46. The quantitative estimate of drug-likeness (QED) is 0.0243. The zero-order chi connectivity index (χ0) is 54.2. The van der Waals surface area contributed by atoms with Crippen molar-refractivity contribution in [3.05, 3.63) is 12.2 Å². The molecule has 0 aromatic rings. The second kappa shape index (κ2) is 56.9. The number of rotatable bonds is 62. The smallest absolute Gasteiger partial charge is 0.391 e. The van der Waals surface area contributed by atoms with Crippen LogP contribution in [0.15, 0.2) is 12.2 Å².